The lowest BCUT2D eigenvalue weighted by molar-refractivity contribution is -0.115. The number of hydrogen-bond donors (Lipinski definition) is 1. The number of nitrogens with zero attached hydrogens (tertiary/aromatic N) is 1. The molecule has 0 radical (unpaired) electrons. The Morgan fingerprint density at radius 3 is 2.42 bits per heavy atom. The molecule has 1 spiro atoms. The van der Waals surface area contributed by atoms with Crippen LogP contribution >= 0.6 is 0 Å². The van der Waals surface area contributed by atoms with Crippen molar-refractivity contribution in [3.05, 3.63) is 0 Å². The highest BCUT2D eigenvalue weighted by molar-refractivity contribution is 7.95. The fraction of sp³-hybridized carbons (Fsp3) is 0.857. The van der Waals surface area contributed by atoms with E-state index in [0.29, 0.717) is 11.5 Å². The molecule has 2 saturated heterocycles. The molecule has 0 atom stereocenters. The highest BCUT2D eigenvalue weighted by atomic mass is 32.2. The number of nitrogens with one attached hydrogen (secondary N) is 1. The molecule has 0 aromatic carbocycles. The molecule has 12 heavy (non-hydrogen) atoms. The van der Waals surface area contributed by atoms with Crippen molar-refractivity contribution in [2.45, 2.75) is 6.92 Å². The van der Waals surface area contributed by atoms with Crippen LogP contribution in [-0.4, -0.2) is 34.7 Å². The van der Waals surface area contributed by atoms with Gasteiger partial charge in [-0.1, -0.05) is 0 Å². The van der Waals surface area contributed by atoms with Crippen molar-refractivity contribution in [2.75, 3.05) is 24.6 Å². The second-order valence-electron chi connectivity index (χ2n) is 3.78. The van der Waals surface area contributed by atoms with E-state index in [2.05, 4.69) is 9.68 Å². The maximum atomic E-state index is 11.6. The topological polar surface area (TPSA) is 58.5 Å². The van der Waals surface area contributed by atoms with Crippen LogP contribution in [-0.2, 0) is 14.5 Å². The summed E-state index contributed by atoms with van der Waals surface area (Å²) < 4.78 is 15.3. The van der Waals surface area contributed by atoms with Crippen LogP contribution in [0.5, 0.6) is 0 Å². The molecule has 2 aliphatic rings. The Labute approximate surface area is 71.9 Å². The van der Waals surface area contributed by atoms with E-state index in [1.165, 1.54) is 6.92 Å². The van der Waals surface area contributed by atoms with Gasteiger partial charge in [0, 0.05) is 36.9 Å². The Bertz CT molecular complexity index is 323. The van der Waals surface area contributed by atoms with Crippen molar-refractivity contribution >= 4 is 15.6 Å². The SMILES string of the molecule is CC(=O)N=S1(=O)CC2(CNC2)C1. The fourth-order valence-corrected chi connectivity index (χ4v) is 4.73. The van der Waals surface area contributed by atoms with Crippen LogP contribution in [0, 0.1) is 5.41 Å². The lowest BCUT2D eigenvalue weighted by Crippen LogP contribution is -2.66. The quantitative estimate of drug-likeness (QED) is 0.563. The summed E-state index contributed by atoms with van der Waals surface area (Å²) in [7, 11) is -2.12. The van der Waals surface area contributed by atoms with Gasteiger partial charge in [-0.15, -0.1) is 0 Å². The minimum absolute atomic E-state index is 0.232. The molecule has 2 heterocycles. The van der Waals surface area contributed by atoms with E-state index in [1.54, 1.807) is 0 Å². The molecule has 2 fully saturated rings. The van der Waals surface area contributed by atoms with Crippen LogP contribution in [0.2, 0.25) is 0 Å². The van der Waals surface area contributed by atoms with E-state index >= 15 is 0 Å². The summed E-state index contributed by atoms with van der Waals surface area (Å²) in [5, 5.41) is 3.14. The molecule has 0 aliphatic carbocycles. The minimum Gasteiger partial charge on any atom is -0.315 e. The summed E-state index contributed by atoms with van der Waals surface area (Å²) in [5.41, 5.74) is 0.232. The van der Waals surface area contributed by atoms with Crippen LogP contribution in [0.15, 0.2) is 4.36 Å². The van der Waals surface area contributed by atoms with Crippen LogP contribution in [0.1, 0.15) is 6.92 Å². The van der Waals surface area contributed by atoms with Gasteiger partial charge < -0.3 is 5.32 Å². The zero-order valence-corrected chi connectivity index (χ0v) is 7.82. The molecule has 1 N–H and O–H groups in total. The number of amides is 1. The number of carbonyl (C=O) groups excluding carboxylic acids is 1. The molecule has 0 bridgehead atoms. The number of hydrogen-bond acceptors (Lipinski definition) is 3. The van der Waals surface area contributed by atoms with Gasteiger partial charge in [0.2, 0.25) is 0 Å². The summed E-state index contributed by atoms with van der Waals surface area (Å²) in [5.74, 6) is 0.932. The third-order valence-electron chi connectivity index (χ3n) is 2.36. The Kier molecular flexibility index (Phi) is 1.56. The first kappa shape index (κ1) is 8.19. The largest absolute Gasteiger partial charge is 0.315 e. The molecule has 4 nitrogen and oxygen atoms in total. The van der Waals surface area contributed by atoms with E-state index in [9.17, 15) is 9.00 Å². The predicted molar refractivity (Wildman–Crippen MR) is 46.3 cm³/mol. The maximum Gasteiger partial charge on any atom is 0.250 e. The zero-order valence-electron chi connectivity index (χ0n) is 7.00. The van der Waals surface area contributed by atoms with E-state index in [-0.39, 0.29) is 11.3 Å². The first-order valence-corrected chi connectivity index (χ1v) is 5.83. The van der Waals surface area contributed by atoms with Crippen LogP contribution in [0.25, 0.3) is 0 Å². The van der Waals surface area contributed by atoms with Gasteiger partial charge in [-0.3, -0.25) is 4.79 Å². The van der Waals surface area contributed by atoms with E-state index in [0.717, 1.165) is 13.1 Å². The van der Waals surface area contributed by atoms with E-state index < -0.39 is 9.73 Å². The number of rotatable bonds is 0. The molecule has 0 aromatic heterocycles. The monoisotopic (exact) mass is 188 g/mol. The number of carbonyl (C=O) groups is 1. The molecule has 5 heteroatoms. The van der Waals surface area contributed by atoms with Gasteiger partial charge in [-0.25, -0.2) is 4.21 Å². The maximum absolute atomic E-state index is 11.6. The van der Waals surface area contributed by atoms with Gasteiger partial charge in [0.1, 0.15) is 0 Å². The standard InChI is InChI=1S/C7H12N2O2S/c1-6(10)9-12(11)4-7(5-12)2-8-3-7/h8H,2-5H2,1H3. The predicted octanol–water partition coefficient (Wildman–Crippen LogP) is -0.396. The Hall–Kier alpha value is -0.420. The summed E-state index contributed by atoms with van der Waals surface area (Å²) in [6.45, 7) is 3.24. The summed E-state index contributed by atoms with van der Waals surface area (Å²) >= 11 is 0. The Balaban J connectivity index is 2.11. The van der Waals surface area contributed by atoms with Gasteiger partial charge in [0.05, 0.1) is 9.73 Å². The molecule has 1 amide bonds. The highest BCUT2D eigenvalue weighted by Crippen LogP contribution is 2.37. The van der Waals surface area contributed by atoms with E-state index in [1.807, 2.05) is 0 Å². The normalized spacial score (nSPS) is 28.8. The summed E-state index contributed by atoms with van der Waals surface area (Å²) in [4.78, 5) is 10.6. The van der Waals surface area contributed by atoms with Crippen LogP contribution < -0.4 is 5.32 Å². The molecule has 2 rings (SSSR count). The average Bonchev–Trinajstić information content (AvgIpc) is 1.76. The van der Waals surface area contributed by atoms with Crippen molar-refractivity contribution in [3.8, 4) is 0 Å². The lowest BCUT2D eigenvalue weighted by Gasteiger charge is -2.50. The molecule has 2 aliphatic heterocycles. The molecule has 0 saturated carbocycles. The van der Waals surface area contributed by atoms with Crippen molar-refractivity contribution in [1.82, 2.24) is 5.32 Å². The van der Waals surface area contributed by atoms with Crippen molar-refractivity contribution in [2.24, 2.45) is 9.78 Å². The first-order valence-electron chi connectivity index (χ1n) is 3.98. The van der Waals surface area contributed by atoms with Gasteiger partial charge in [-0.2, -0.15) is 4.36 Å². The van der Waals surface area contributed by atoms with Crippen molar-refractivity contribution < 1.29 is 9.00 Å². The third-order valence-corrected chi connectivity index (χ3v) is 5.08. The average molecular weight is 188 g/mol. The lowest BCUT2D eigenvalue weighted by atomic mass is 9.85. The van der Waals surface area contributed by atoms with Gasteiger partial charge >= 0.3 is 0 Å². The van der Waals surface area contributed by atoms with Crippen LogP contribution in [0.3, 0.4) is 0 Å². The van der Waals surface area contributed by atoms with Crippen molar-refractivity contribution in [1.29, 1.82) is 0 Å². The summed E-state index contributed by atoms with van der Waals surface area (Å²) in [6.07, 6.45) is 0. The molecular formula is C7H12N2O2S. The fourth-order valence-electron chi connectivity index (χ4n) is 1.90. The summed E-state index contributed by atoms with van der Waals surface area (Å²) in [6, 6.07) is 0. The second kappa shape index (κ2) is 2.29. The van der Waals surface area contributed by atoms with Gasteiger partial charge in [0.25, 0.3) is 5.91 Å². The van der Waals surface area contributed by atoms with Crippen LogP contribution in [0.4, 0.5) is 0 Å². The highest BCUT2D eigenvalue weighted by Gasteiger charge is 2.51. The Morgan fingerprint density at radius 1 is 1.50 bits per heavy atom. The second-order valence-corrected chi connectivity index (χ2v) is 6.08. The van der Waals surface area contributed by atoms with E-state index in [4.69, 9.17) is 0 Å². The van der Waals surface area contributed by atoms with Gasteiger partial charge in [-0.05, 0) is 0 Å². The third kappa shape index (κ3) is 1.17. The molecule has 0 aromatic rings. The smallest absolute Gasteiger partial charge is 0.250 e. The Morgan fingerprint density at radius 2 is 2.08 bits per heavy atom. The minimum atomic E-state index is -2.12. The molecule has 68 valence electrons. The first-order chi connectivity index (χ1) is 5.54. The van der Waals surface area contributed by atoms with Gasteiger partial charge in [0.15, 0.2) is 0 Å². The molecule has 0 unspecified atom stereocenters. The van der Waals surface area contributed by atoms with Crippen molar-refractivity contribution in [3.63, 3.8) is 0 Å². The molecular weight excluding hydrogens is 176 g/mol. The zero-order chi connectivity index (χ0) is 8.82.